The van der Waals surface area contributed by atoms with Gasteiger partial charge in [0, 0.05) is 6.61 Å². The van der Waals surface area contributed by atoms with Crippen molar-refractivity contribution in [3.8, 4) is 0 Å². The molecule has 1 fully saturated rings. The number of benzene rings is 1. The van der Waals surface area contributed by atoms with Crippen molar-refractivity contribution in [1.82, 2.24) is 5.32 Å². The first-order chi connectivity index (χ1) is 8.19. The van der Waals surface area contributed by atoms with Crippen molar-refractivity contribution in [2.45, 2.75) is 44.8 Å². The van der Waals surface area contributed by atoms with E-state index in [1.54, 1.807) is 0 Å². The molecule has 0 aromatic heterocycles. The lowest BCUT2D eigenvalue weighted by molar-refractivity contribution is -0.0104. The Morgan fingerprint density at radius 2 is 2.29 bits per heavy atom. The third-order valence-electron chi connectivity index (χ3n) is 3.84. The van der Waals surface area contributed by atoms with Gasteiger partial charge in [-0.1, -0.05) is 31.2 Å². The minimum atomic E-state index is -0.0544. The van der Waals surface area contributed by atoms with Crippen LogP contribution in [0.15, 0.2) is 24.3 Å². The SMILES string of the molecule is CCc1cccc(C(NC)C2(C)CCCO2)c1. The minimum Gasteiger partial charge on any atom is -0.373 e. The van der Waals surface area contributed by atoms with Gasteiger partial charge >= 0.3 is 0 Å². The van der Waals surface area contributed by atoms with Crippen LogP contribution in [0, 0.1) is 0 Å². The molecule has 1 aromatic carbocycles. The van der Waals surface area contributed by atoms with Crippen LogP contribution in [0.1, 0.15) is 43.9 Å². The molecule has 2 heteroatoms. The third kappa shape index (κ3) is 2.53. The van der Waals surface area contributed by atoms with Gasteiger partial charge in [-0.05, 0) is 44.4 Å². The van der Waals surface area contributed by atoms with Crippen molar-refractivity contribution in [3.63, 3.8) is 0 Å². The largest absolute Gasteiger partial charge is 0.373 e. The zero-order valence-electron chi connectivity index (χ0n) is 11.1. The van der Waals surface area contributed by atoms with E-state index in [9.17, 15) is 0 Å². The highest BCUT2D eigenvalue weighted by molar-refractivity contribution is 5.28. The Hall–Kier alpha value is -0.860. The highest BCUT2D eigenvalue weighted by Gasteiger charge is 2.38. The number of nitrogens with one attached hydrogen (secondary N) is 1. The fourth-order valence-corrected chi connectivity index (χ4v) is 2.85. The first kappa shape index (κ1) is 12.6. The van der Waals surface area contributed by atoms with Crippen LogP contribution in [-0.4, -0.2) is 19.3 Å². The normalized spacial score (nSPS) is 26.1. The summed E-state index contributed by atoms with van der Waals surface area (Å²) in [5.74, 6) is 0. The van der Waals surface area contributed by atoms with E-state index in [2.05, 4.69) is 43.4 Å². The van der Waals surface area contributed by atoms with Gasteiger partial charge in [-0.15, -0.1) is 0 Å². The lowest BCUT2D eigenvalue weighted by Crippen LogP contribution is -2.39. The van der Waals surface area contributed by atoms with Crippen LogP contribution in [-0.2, 0) is 11.2 Å². The Morgan fingerprint density at radius 3 is 2.88 bits per heavy atom. The van der Waals surface area contributed by atoms with Crippen LogP contribution in [0.25, 0.3) is 0 Å². The predicted octanol–water partition coefficient (Wildman–Crippen LogP) is 3.08. The second-order valence-electron chi connectivity index (χ2n) is 5.08. The second kappa shape index (κ2) is 5.19. The fraction of sp³-hybridized carbons (Fsp3) is 0.600. The van der Waals surface area contributed by atoms with Gasteiger partial charge in [-0.25, -0.2) is 0 Å². The molecule has 0 spiro atoms. The molecule has 2 atom stereocenters. The molecule has 17 heavy (non-hydrogen) atoms. The van der Waals surface area contributed by atoms with Crippen molar-refractivity contribution in [3.05, 3.63) is 35.4 Å². The quantitative estimate of drug-likeness (QED) is 0.863. The van der Waals surface area contributed by atoms with Gasteiger partial charge in [-0.3, -0.25) is 0 Å². The molecule has 1 aliphatic rings. The molecular weight excluding hydrogens is 210 g/mol. The van der Waals surface area contributed by atoms with Crippen molar-refractivity contribution in [2.24, 2.45) is 0 Å². The molecule has 0 amide bonds. The van der Waals surface area contributed by atoms with E-state index < -0.39 is 0 Å². The molecule has 0 aliphatic carbocycles. The van der Waals surface area contributed by atoms with Crippen LogP contribution in [0.4, 0.5) is 0 Å². The van der Waals surface area contributed by atoms with E-state index in [0.717, 1.165) is 19.4 Å². The van der Waals surface area contributed by atoms with Crippen molar-refractivity contribution < 1.29 is 4.74 Å². The summed E-state index contributed by atoms with van der Waals surface area (Å²) in [5.41, 5.74) is 2.68. The summed E-state index contributed by atoms with van der Waals surface area (Å²) in [6.07, 6.45) is 3.39. The number of likely N-dealkylation sites (N-methyl/N-ethyl adjacent to an activating group) is 1. The smallest absolute Gasteiger partial charge is 0.0849 e. The number of hydrogen-bond acceptors (Lipinski definition) is 2. The van der Waals surface area contributed by atoms with Gasteiger partial charge in [0.1, 0.15) is 0 Å². The molecule has 2 unspecified atom stereocenters. The summed E-state index contributed by atoms with van der Waals surface area (Å²) >= 11 is 0. The van der Waals surface area contributed by atoms with E-state index in [0.29, 0.717) is 0 Å². The Balaban J connectivity index is 2.27. The topological polar surface area (TPSA) is 21.3 Å². The van der Waals surface area contributed by atoms with Crippen LogP contribution in [0.2, 0.25) is 0 Å². The number of rotatable bonds is 4. The van der Waals surface area contributed by atoms with E-state index >= 15 is 0 Å². The highest BCUT2D eigenvalue weighted by Crippen LogP contribution is 2.37. The molecule has 1 aromatic rings. The maximum absolute atomic E-state index is 5.96. The number of ether oxygens (including phenoxy) is 1. The molecule has 94 valence electrons. The first-order valence-electron chi connectivity index (χ1n) is 6.59. The van der Waals surface area contributed by atoms with Gasteiger partial charge in [0.15, 0.2) is 0 Å². The average molecular weight is 233 g/mol. The lowest BCUT2D eigenvalue weighted by atomic mass is 9.87. The highest BCUT2D eigenvalue weighted by atomic mass is 16.5. The summed E-state index contributed by atoms with van der Waals surface area (Å²) in [7, 11) is 2.02. The summed E-state index contributed by atoms with van der Waals surface area (Å²) in [6, 6.07) is 9.13. The van der Waals surface area contributed by atoms with Crippen LogP contribution in [0.3, 0.4) is 0 Å². The standard InChI is InChI=1S/C15H23NO/c1-4-12-7-5-8-13(11-12)14(16-3)15(2)9-6-10-17-15/h5,7-8,11,14,16H,4,6,9-10H2,1-3H3. The van der Waals surface area contributed by atoms with Gasteiger partial charge < -0.3 is 10.1 Å². The second-order valence-corrected chi connectivity index (χ2v) is 5.08. The van der Waals surface area contributed by atoms with Crippen molar-refractivity contribution in [1.29, 1.82) is 0 Å². The molecule has 0 radical (unpaired) electrons. The average Bonchev–Trinajstić information content (AvgIpc) is 2.78. The van der Waals surface area contributed by atoms with E-state index in [1.807, 2.05) is 7.05 Å². The Morgan fingerprint density at radius 1 is 1.47 bits per heavy atom. The molecule has 2 rings (SSSR count). The maximum Gasteiger partial charge on any atom is 0.0849 e. The fourth-order valence-electron chi connectivity index (χ4n) is 2.85. The molecule has 0 bridgehead atoms. The van der Waals surface area contributed by atoms with Gasteiger partial charge in [0.2, 0.25) is 0 Å². The number of aryl methyl sites for hydroxylation is 1. The molecule has 1 N–H and O–H groups in total. The van der Waals surface area contributed by atoms with Crippen molar-refractivity contribution in [2.75, 3.05) is 13.7 Å². The van der Waals surface area contributed by atoms with E-state index in [4.69, 9.17) is 4.74 Å². The Bertz CT molecular complexity index is 369. The predicted molar refractivity (Wildman–Crippen MR) is 71.2 cm³/mol. The Kier molecular flexibility index (Phi) is 3.85. The summed E-state index contributed by atoms with van der Waals surface area (Å²) < 4.78 is 5.96. The maximum atomic E-state index is 5.96. The molecule has 1 heterocycles. The summed E-state index contributed by atoms with van der Waals surface area (Å²) in [4.78, 5) is 0. The van der Waals surface area contributed by atoms with Gasteiger partial charge in [0.05, 0.1) is 11.6 Å². The summed E-state index contributed by atoms with van der Waals surface area (Å²) in [5, 5.41) is 3.43. The van der Waals surface area contributed by atoms with E-state index in [1.165, 1.54) is 17.5 Å². The van der Waals surface area contributed by atoms with Gasteiger partial charge in [-0.2, -0.15) is 0 Å². The molecule has 1 aliphatic heterocycles. The van der Waals surface area contributed by atoms with E-state index in [-0.39, 0.29) is 11.6 Å². The van der Waals surface area contributed by atoms with Crippen LogP contribution in [0.5, 0.6) is 0 Å². The molecule has 2 nitrogen and oxygen atoms in total. The third-order valence-corrected chi connectivity index (χ3v) is 3.84. The monoisotopic (exact) mass is 233 g/mol. The zero-order valence-corrected chi connectivity index (χ0v) is 11.1. The van der Waals surface area contributed by atoms with Crippen molar-refractivity contribution >= 4 is 0 Å². The van der Waals surface area contributed by atoms with Gasteiger partial charge in [0.25, 0.3) is 0 Å². The first-order valence-corrected chi connectivity index (χ1v) is 6.59. The zero-order chi connectivity index (χ0) is 12.3. The summed E-state index contributed by atoms with van der Waals surface area (Å²) in [6.45, 7) is 5.31. The number of hydrogen-bond donors (Lipinski definition) is 1. The molecule has 0 saturated carbocycles. The van der Waals surface area contributed by atoms with Crippen LogP contribution < -0.4 is 5.32 Å². The molecule has 1 saturated heterocycles. The Labute approximate surface area is 104 Å². The minimum absolute atomic E-state index is 0.0544. The lowest BCUT2D eigenvalue weighted by Gasteiger charge is -2.33. The van der Waals surface area contributed by atoms with Crippen LogP contribution >= 0.6 is 0 Å². The molecular formula is C15H23NO.